The second-order valence-electron chi connectivity index (χ2n) is 14.6. The molecule has 280 valence electrons. The van der Waals surface area contributed by atoms with Crippen molar-refractivity contribution in [3.63, 3.8) is 0 Å². The lowest BCUT2D eigenvalue weighted by molar-refractivity contribution is -0.154. The van der Waals surface area contributed by atoms with Crippen LogP contribution in [-0.4, -0.2) is 89.8 Å². The summed E-state index contributed by atoms with van der Waals surface area (Å²) in [5, 5.41) is 30.3. The van der Waals surface area contributed by atoms with Crippen molar-refractivity contribution in [3.05, 3.63) is 68.0 Å². The zero-order valence-corrected chi connectivity index (χ0v) is 30.8. The summed E-state index contributed by atoms with van der Waals surface area (Å²) in [6, 6.07) is 3.03. The number of nitrogens with one attached hydrogen (secondary N) is 1. The highest BCUT2D eigenvalue weighted by Crippen LogP contribution is 2.62. The fourth-order valence-electron chi connectivity index (χ4n) is 9.66. The van der Waals surface area contributed by atoms with Crippen molar-refractivity contribution in [2.24, 2.45) is 0 Å². The number of carbonyl (C=O) groups is 2. The van der Waals surface area contributed by atoms with Crippen LogP contribution < -0.4 is 29.0 Å². The summed E-state index contributed by atoms with van der Waals surface area (Å²) < 4.78 is 51.4. The lowest BCUT2D eigenvalue weighted by Gasteiger charge is -2.63. The van der Waals surface area contributed by atoms with Gasteiger partial charge in [0.2, 0.25) is 6.79 Å². The molecule has 7 heterocycles. The van der Waals surface area contributed by atoms with Crippen molar-refractivity contribution in [2.75, 3.05) is 46.5 Å². The Kier molecular flexibility index (Phi) is 7.90. The highest BCUT2D eigenvalue weighted by molar-refractivity contribution is 7.85. The van der Waals surface area contributed by atoms with Gasteiger partial charge in [-0.2, -0.15) is 0 Å². The predicted octanol–water partition coefficient (Wildman–Crippen LogP) is 3.55. The van der Waals surface area contributed by atoms with Gasteiger partial charge in [0.25, 0.3) is 0 Å². The number of methoxy groups -OCH3 is 2. The number of benzene rings is 3. The lowest BCUT2D eigenvalue weighted by atomic mass is 9.74. The van der Waals surface area contributed by atoms with E-state index in [1.807, 2.05) is 13.0 Å². The summed E-state index contributed by atoms with van der Waals surface area (Å²) in [5.41, 5.74) is 3.54. The average Bonchev–Trinajstić information content (AvgIpc) is 3.61. The third-order valence-corrected chi connectivity index (χ3v) is 13.5. The van der Waals surface area contributed by atoms with Crippen molar-refractivity contribution in [1.29, 1.82) is 0 Å². The monoisotopic (exact) mass is 746 g/mol. The van der Waals surface area contributed by atoms with E-state index >= 15 is 4.21 Å². The van der Waals surface area contributed by atoms with Crippen LogP contribution in [-0.2, 0) is 43.5 Å². The molecule has 0 aliphatic carbocycles. The molecule has 1 spiro atoms. The van der Waals surface area contributed by atoms with E-state index in [2.05, 4.69) is 10.2 Å². The molecule has 7 aliphatic rings. The average molecular weight is 747 g/mol. The summed E-state index contributed by atoms with van der Waals surface area (Å²) >= 11 is 0. The van der Waals surface area contributed by atoms with E-state index in [0.29, 0.717) is 76.6 Å². The number of phenolic OH excluding ortho intramolecular Hbond substituents is 2. The Hall–Kier alpha value is -4.57. The van der Waals surface area contributed by atoms with Crippen molar-refractivity contribution < 1.29 is 52.4 Å². The fraction of sp³-hybridized carbons (Fsp3) is 0.474. The van der Waals surface area contributed by atoms with Crippen LogP contribution in [0.2, 0.25) is 0 Å². The number of phenols is 2. The van der Waals surface area contributed by atoms with Crippen LogP contribution >= 0.6 is 0 Å². The van der Waals surface area contributed by atoms with E-state index in [4.69, 9.17) is 33.7 Å². The van der Waals surface area contributed by atoms with E-state index in [1.165, 1.54) is 21.1 Å². The molecule has 0 aromatic heterocycles. The van der Waals surface area contributed by atoms with Gasteiger partial charge in [-0.25, -0.2) is 4.79 Å². The minimum atomic E-state index is -1.95. The maximum atomic E-state index is 15.8. The van der Waals surface area contributed by atoms with Crippen molar-refractivity contribution in [2.45, 2.75) is 68.6 Å². The number of nitrogens with zero attached hydrogens (tertiary/aromatic N) is 2. The van der Waals surface area contributed by atoms with Gasteiger partial charge in [-0.15, -0.1) is 6.04 Å². The Balaban J connectivity index is 1.32. The Morgan fingerprint density at radius 2 is 1.83 bits per heavy atom. The van der Waals surface area contributed by atoms with Crippen LogP contribution in [0.4, 0.5) is 0 Å². The third-order valence-electron chi connectivity index (χ3n) is 11.7. The molecule has 14 nitrogen and oxygen atoms in total. The molecule has 10 rings (SSSR count). The normalized spacial score (nSPS) is 29.3. The van der Waals surface area contributed by atoms with Gasteiger partial charge in [0.05, 0.1) is 31.3 Å². The molecule has 4 bridgehead atoms. The number of rotatable bonds is 3. The largest absolute Gasteiger partial charge is 0.650 e. The van der Waals surface area contributed by atoms with Crippen LogP contribution in [0.1, 0.15) is 68.8 Å². The summed E-state index contributed by atoms with van der Waals surface area (Å²) in [6.07, 6.45) is 1.06. The van der Waals surface area contributed by atoms with Crippen LogP contribution in [0.3, 0.4) is 0 Å². The lowest BCUT2D eigenvalue weighted by Crippen LogP contribution is -2.63. The van der Waals surface area contributed by atoms with E-state index in [9.17, 15) is 19.8 Å². The molecule has 2 saturated heterocycles. The Morgan fingerprint density at radius 1 is 1.04 bits per heavy atom. The highest BCUT2D eigenvalue weighted by Gasteiger charge is 2.57. The van der Waals surface area contributed by atoms with Gasteiger partial charge in [-0.3, -0.25) is 19.2 Å². The van der Waals surface area contributed by atoms with E-state index in [-0.39, 0.29) is 48.2 Å². The Labute approximate surface area is 308 Å². The SMILES string of the molecule is COc1cc2c(cc1O)CCN[C@]21CS(=O)[C@@H]2c3c(OC(C)=O)c(C)c4c(c3C(COC1=O)N1CC3Cc5cc(C)c(OC)c(O)c5C([N-]3)C21)OCO4. The number of ether oxygens (including phenoxy) is 6. The third kappa shape index (κ3) is 4.83. The van der Waals surface area contributed by atoms with Crippen LogP contribution in [0.15, 0.2) is 18.2 Å². The fourth-order valence-corrected chi connectivity index (χ4v) is 11.8. The van der Waals surface area contributed by atoms with Gasteiger partial charge in [-0.05, 0) is 73.2 Å². The van der Waals surface area contributed by atoms with E-state index < -0.39 is 51.7 Å². The summed E-state index contributed by atoms with van der Waals surface area (Å²) in [5.74, 6) is 0.0405. The molecule has 2 fully saturated rings. The highest BCUT2D eigenvalue weighted by atomic mass is 32.2. The van der Waals surface area contributed by atoms with Gasteiger partial charge in [0, 0.05) is 47.0 Å². The maximum absolute atomic E-state index is 15.8. The number of aromatic hydroxyl groups is 2. The van der Waals surface area contributed by atoms with Crippen molar-refractivity contribution in [3.8, 4) is 40.2 Å². The molecule has 5 unspecified atom stereocenters. The molecule has 3 aromatic rings. The second-order valence-corrected chi connectivity index (χ2v) is 16.1. The van der Waals surface area contributed by atoms with Gasteiger partial charge < -0.3 is 44.0 Å². The predicted molar refractivity (Wildman–Crippen MR) is 190 cm³/mol. The number of hydrogen-bond donors (Lipinski definition) is 3. The first-order valence-corrected chi connectivity index (χ1v) is 19.0. The summed E-state index contributed by atoms with van der Waals surface area (Å²) in [6.45, 7) is 5.55. The van der Waals surface area contributed by atoms with Gasteiger partial charge >= 0.3 is 11.9 Å². The number of carbonyl (C=O) groups excluding carboxylic acids is 2. The molecular weight excluding hydrogens is 706 g/mol. The quantitative estimate of drug-likeness (QED) is 0.262. The Bertz CT molecular complexity index is 2140. The van der Waals surface area contributed by atoms with Gasteiger partial charge in [0.15, 0.2) is 40.0 Å². The molecule has 7 aliphatic heterocycles. The molecule has 3 N–H and O–H groups in total. The molecule has 53 heavy (non-hydrogen) atoms. The molecule has 0 radical (unpaired) electrons. The minimum absolute atomic E-state index is 0.0183. The number of fused-ring (bicyclic) bond motifs is 9. The molecule has 15 heteroatoms. The Morgan fingerprint density at radius 3 is 2.58 bits per heavy atom. The maximum Gasteiger partial charge on any atom is 0.332 e. The van der Waals surface area contributed by atoms with Crippen LogP contribution in [0.25, 0.3) is 5.32 Å². The van der Waals surface area contributed by atoms with Gasteiger partial charge in [0.1, 0.15) is 12.4 Å². The van der Waals surface area contributed by atoms with Crippen LogP contribution in [0.5, 0.6) is 40.2 Å². The minimum Gasteiger partial charge on any atom is -0.650 e. The summed E-state index contributed by atoms with van der Waals surface area (Å²) in [4.78, 5) is 29.6. The first kappa shape index (κ1) is 34.2. The molecule has 0 saturated carbocycles. The molecule has 0 amide bonds. The molecule has 3 aromatic carbocycles. The zero-order chi connectivity index (χ0) is 37.1. The topological polar surface area (TPSA) is 176 Å². The first-order valence-electron chi connectivity index (χ1n) is 17.7. The number of piperazine rings is 1. The number of hydrogen-bond acceptors (Lipinski definition) is 13. The van der Waals surface area contributed by atoms with E-state index in [1.54, 1.807) is 19.1 Å². The molecular formula is C38H40N3O11S-. The van der Waals surface area contributed by atoms with Gasteiger partial charge in [-0.1, -0.05) is 12.1 Å². The van der Waals surface area contributed by atoms with Crippen molar-refractivity contribution >= 4 is 22.7 Å². The van der Waals surface area contributed by atoms with Crippen LogP contribution in [0, 0.1) is 13.8 Å². The number of esters is 2. The standard InChI is InChI=1S/C38H40N3O11S/c1-16-8-20-9-21-12-41-23-13-49-37(45)38(22-11-25(47-4)24(43)10-19(22)6-7-39-38)14-53(46)36(30(41)29(40-21)26(20)31(44)32(16)48-5)28-27(23)35-34(50-15-51-35)17(2)33(28)52-18(3)42/h8,10-11,21,23,29-30,36,39,43-44H,6-7,9,12-15H2,1-5H3/q-1/t21?,23?,29?,30?,36-,38-,53?/m1/s1. The first-order chi connectivity index (χ1) is 25.5. The number of aryl methyl sites for hydroxylation is 1. The second kappa shape index (κ2) is 12.2. The summed E-state index contributed by atoms with van der Waals surface area (Å²) in [7, 11) is 0.987. The smallest absolute Gasteiger partial charge is 0.332 e. The van der Waals surface area contributed by atoms with E-state index in [0.717, 1.165) is 11.1 Å². The van der Waals surface area contributed by atoms with Crippen molar-refractivity contribution in [1.82, 2.24) is 10.2 Å². The zero-order valence-electron chi connectivity index (χ0n) is 29.9. The molecule has 7 atom stereocenters.